The molecule has 1 amide bonds. The van der Waals surface area contributed by atoms with Gasteiger partial charge >= 0.3 is 0 Å². The maximum absolute atomic E-state index is 13.7. The Labute approximate surface area is 143 Å². The van der Waals surface area contributed by atoms with E-state index in [1.807, 2.05) is 25.7 Å². The average Bonchev–Trinajstić information content (AvgIpc) is 2.89. The smallest absolute Gasteiger partial charge is 0.274 e. The molecule has 24 heavy (non-hydrogen) atoms. The van der Waals surface area contributed by atoms with Gasteiger partial charge in [-0.1, -0.05) is 32.1 Å². The summed E-state index contributed by atoms with van der Waals surface area (Å²) >= 11 is 1.14. The highest BCUT2D eigenvalue weighted by Crippen LogP contribution is 2.32. The summed E-state index contributed by atoms with van der Waals surface area (Å²) in [5.74, 6) is -1.16. The van der Waals surface area contributed by atoms with Gasteiger partial charge in [0.25, 0.3) is 5.19 Å². The fourth-order valence-corrected chi connectivity index (χ4v) is 3.70. The Bertz CT molecular complexity index is 762. The zero-order valence-corrected chi connectivity index (χ0v) is 14.8. The first-order chi connectivity index (χ1) is 11.2. The molecule has 0 unspecified atom stereocenters. The van der Waals surface area contributed by atoms with E-state index in [4.69, 9.17) is 4.74 Å². The van der Waals surface area contributed by atoms with Crippen LogP contribution < -0.4 is 4.74 Å². The third-order valence-electron chi connectivity index (χ3n) is 4.03. The molecule has 0 N–H and O–H groups in total. The lowest BCUT2D eigenvalue weighted by molar-refractivity contribution is -0.141. The number of amides is 1. The van der Waals surface area contributed by atoms with Crippen LogP contribution in [0.5, 0.6) is 5.19 Å². The number of piperidine rings is 1. The molecule has 0 radical (unpaired) electrons. The summed E-state index contributed by atoms with van der Waals surface area (Å²) in [5.41, 5.74) is -0.251. The lowest BCUT2D eigenvalue weighted by Crippen LogP contribution is -2.46. The van der Waals surface area contributed by atoms with Gasteiger partial charge in [-0.25, -0.2) is 8.78 Å². The van der Waals surface area contributed by atoms with Crippen LogP contribution in [0.2, 0.25) is 0 Å². The van der Waals surface area contributed by atoms with Crippen molar-refractivity contribution in [3.63, 3.8) is 0 Å². The molecule has 130 valence electrons. The Hall–Kier alpha value is -1.76. The summed E-state index contributed by atoms with van der Waals surface area (Å²) in [6.45, 7) is 7.00. The Balaban J connectivity index is 1.64. The van der Waals surface area contributed by atoms with Crippen molar-refractivity contribution in [1.29, 1.82) is 0 Å². The molecule has 0 spiro atoms. The van der Waals surface area contributed by atoms with E-state index in [1.54, 1.807) is 0 Å². The summed E-state index contributed by atoms with van der Waals surface area (Å²) in [6.07, 6.45) is 1.34. The first-order valence-electron chi connectivity index (χ1n) is 7.95. The van der Waals surface area contributed by atoms with Gasteiger partial charge in [0.05, 0.1) is 4.70 Å². The number of rotatable bonds is 2. The number of benzene rings is 1. The summed E-state index contributed by atoms with van der Waals surface area (Å²) in [4.78, 5) is 18.2. The normalized spacial score (nSPS) is 16.6. The molecule has 3 rings (SSSR count). The quantitative estimate of drug-likeness (QED) is 0.819. The summed E-state index contributed by atoms with van der Waals surface area (Å²) in [5, 5.41) is 0.343. The van der Waals surface area contributed by atoms with Crippen LogP contribution >= 0.6 is 11.3 Å². The van der Waals surface area contributed by atoms with E-state index < -0.39 is 11.6 Å². The highest BCUT2D eigenvalue weighted by atomic mass is 32.1. The highest BCUT2D eigenvalue weighted by Gasteiger charge is 2.31. The zero-order valence-electron chi connectivity index (χ0n) is 13.9. The van der Waals surface area contributed by atoms with Crippen LogP contribution in [-0.4, -0.2) is 35.0 Å². The molecule has 1 fully saturated rings. The molecule has 4 nitrogen and oxygen atoms in total. The molecule has 1 saturated heterocycles. The predicted molar refractivity (Wildman–Crippen MR) is 89.2 cm³/mol. The molecule has 1 aromatic carbocycles. The van der Waals surface area contributed by atoms with Crippen LogP contribution in [0.1, 0.15) is 33.6 Å². The van der Waals surface area contributed by atoms with Gasteiger partial charge in [0.1, 0.15) is 17.4 Å². The molecule has 7 heteroatoms. The van der Waals surface area contributed by atoms with E-state index in [0.29, 0.717) is 35.8 Å². The Kier molecular flexibility index (Phi) is 4.46. The van der Waals surface area contributed by atoms with Crippen LogP contribution in [-0.2, 0) is 4.79 Å². The van der Waals surface area contributed by atoms with E-state index in [1.165, 1.54) is 6.07 Å². The molecule has 0 saturated carbocycles. The van der Waals surface area contributed by atoms with Gasteiger partial charge in [0, 0.05) is 37.4 Å². The van der Waals surface area contributed by atoms with Crippen molar-refractivity contribution < 1.29 is 18.3 Å². The van der Waals surface area contributed by atoms with Gasteiger partial charge in [-0.15, -0.1) is 0 Å². The minimum Gasteiger partial charge on any atom is -0.467 e. The molecule has 0 aliphatic carbocycles. The van der Waals surface area contributed by atoms with Gasteiger partial charge in [-0.3, -0.25) is 4.79 Å². The lowest BCUT2D eigenvalue weighted by Gasteiger charge is -2.35. The van der Waals surface area contributed by atoms with Crippen molar-refractivity contribution in [3.05, 3.63) is 23.8 Å². The van der Waals surface area contributed by atoms with Crippen LogP contribution in [0.3, 0.4) is 0 Å². The van der Waals surface area contributed by atoms with Gasteiger partial charge in [0.15, 0.2) is 5.82 Å². The molecule has 0 bridgehead atoms. The number of likely N-dealkylation sites (tertiary alicyclic amines) is 1. The summed E-state index contributed by atoms with van der Waals surface area (Å²) in [7, 11) is 0. The zero-order chi connectivity index (χ0) is 17.5. The number of aromatic nitrogens is 1. The summed E-state index contributed by atoms with van der Waals surface area (Å²) in [6, 6.07) is 2.08. The molecular formula is C17H20F2N2O2S. The van der Waals surface area contributed by atoms with E-state index in [-0.39, 0.29) is 22.9 Å². The fourth-order valence-electron chi connectivity index (χ4n) is 2.78. The molecule has 0 atom stereocenters. The maximum atomic E-state index is 13.7. The van der Waals surface area contributed by atoms with Crippen LogP contribution in [0, 0.1) is 17.0 Å². The minimum atomic E-state index is -0.679. The third-order valence-corrected chi connectivity index (χ3v) is 4.93. The van der Waals surface area contributed by atoms with Crippen LogP contribution in [0.15, 0.2) is 12.1 Å². The first kappa shape index (κ1) is 17.1. The fraction of sp³-hybridized carbons (Fsp3) is 0.529. The van der Waals surface area contributed by atoms with Crippen molar-refractivity contribution in [2.24, 2.45) is 5.41 Å². The van der Waals surface area contributed by atoms with Crippen molar-refractivity contribution in [3.8, 4) is 5.19 Å². The van der Waals surface area contributed by atoms with Crippen molar-refractivity contribution in [2.45, 2.75) is 39.7 Å². The number of nitrogens with zero attached hydrogens (tertiary/aromatic N) is 2. The number of carbonyl (C=O) groups is 1. The lowest BCUT2D eigenvalue weighted by atomic mass is 9.93. The molecular weight excluding hydrogens is 334 g/mol. The molecule has 1 aromatic heterocycles. The number of hydrogen-bond donors (Lipinski definition) is 0. The maximum Gasteiger partial charge on any atom is 0.274 e. The van der Waals surface area contributed by atoms with Gasteiger partial charge < -0.3 is 9.64 Å². The topological polar surface area (TPSA) is 42.4 Å². The second kappa shape index (κ2) is 6.27. The van der Waals surface area contributed by atoms with E-state index >= 15 is 0 Å². The number of thiazole rings is 1. The number of halogens is 2. The average molecular weight is 354 g/mol. The van der Waals surface area contributed by atoms with Gasteiger partial charge in [-0.2, -0.15) is 4.98 Å². The van der Waals surface area contributed by atoms with Gasteiger partial charge in [-0.05, 0) is 6.07 Å². The van der Waals surface area contributed by atoms with Gasteiger partial charge in [0.2, 0.25) is 5.91 Å². The van der Waals surface area contributed by atoms with E-state index in [2.05, 4.69) is 4.98 Å². The predicted octanol–water partition coefficient (Wildman–Crippen LogP) is 3.99. The summed E-state index contributed by atoms with van der Waals surface area (Å²) < 4.78 is 33.2. The molecule has 1 aliphatic heterocycles. The van der Waals surface area contributed by atoms with E-state index in [0.717, 1.165) is 17.4 Å². The first-order valence-corrected chi connectivity index (χ1v) is 8.77. The van der Waals surface area contributed by atoms with E-state index in [9.17, 15) is 13.6 Å². The second-order valence-corrected chi connectivity index (χ2v) is 8.07. The number of hydrogen-bond acceptors (Lipinski definition) is 4. The van der Waals surface area contributed by atoms with Crippen molar-refractivity contribution >= 4 is 27.5 Å². The Morgan fingerprint density at radius 3 is 2.58 bits per heavy atom. The Morgan fingerprint density at radius 1 is 1.29 bits per heavy atom. The molecule has 1 aliphatic rings. The number of ether oxygens (including phenoxy) is 1. The minimum absolute atomic E-state index is 0.0671. The molecule has 2 heterocycles. The number of carbonyl (C=O) groups excluding carboxylic acids is 1. The monoisotopic (exact) mass is 354 g/mol. The van der Waals surface area contributed by atoms with Crippen molar-refractivity contribution in [2.75, 3.05) is 13.1 Å². The second-order valence-electron chi connectivity index (χ2n) is 7.07. The highest BCUT2D eigenvalue weighted by molar-refractivity contribution is 7.20. The standard InChI is InChI=1S/C17H20F2N2O2S/c1-17(2,3)15(22)21-6-4-11(5-7-21)23-16-20-14-12(19)8-10(18)9-13(14)24-16/h8-9,11H,4-7H2,1-3H3. The van der Waals surface area contributed by atoms with Crippen molar-refractivity contribution in [1.82, 2.24) is 9.88 Å². The number of fused-ring (bicyclic) bond motifs is 1. The van der Waals surface area contributed by atoms with Crippen LogP contribution in [0.25, 0.3) is 10.2 Å². The SMILES string of the molecule is CC(C)(C)C(=O)N1CCC(Oc2nc3c(F)cc(F)cc3s2)CC1. The Morgan fingerprint density at radius 2 is 1.96 bits per heavy atom. The third kappa shape index (κ3) is 3.50. The largest absolute Gasteiger partial charge is 0.467 e. The van der Waals surface area contributed by atoms with Crippen LogP contribution in [0.4, 0.5) is 8.78 Å². The molecule has 2 aromatic rings.